The monoisotopic (exact) mass is 261 g/mol. The van der Waals surface area contributed by atoms with Gasteiger partial charge < -0.3 is 5.32 Å². The van der Waals surface area contributed by atoms with E-state index < -0.39 is 0 Å². The van der Waals surface area contributed by atoms with Crippen LogP contribution in [0.5, 0.6) is 0 Å². The minimum atomic E-state index is 0. The van der Waals surface area contributed by atoms with Crippen molar-refractivity contribution in [3.8, 4) is 0 Å². The van der Waals surface area contributed by atoms with Gasteiger partial charge in [0.1, 0.15) is 0 Å². The molecule has 1 aromatic rings. The number of nitrogens with one attached hydrogen (secondary N) is 1. The van der Waals surface area contributed by atoms with Crippen LogP contribution in [0.3, 0.4) is 0 Å². The third kappa shape index (κ3) is 4.86. The Bertz CT molecular complexity index is 301. The van der Waals surface area contributed by atoms with E-state index in [1.54, 1.807) is 0 Å². The van der Waals surface area contributed by atoms with Gasteiger partial charge >= 0.3 is 0 Å². The van der Waals surface area contributed by atoms with Crippen molar-refractivity contribution in [2.24, 2.45) is 5.41 Å². The Kier molecular flexibility index (Phi) is 6.61. The maximum Gasteiger partial charge on any atom is 0.0302 e. The van der Waals surface area contributed by atoms with Crippen molar-refractivity contribution in [2.75, 3.05) is 0 Å². The minimum Gasteiger partial charge on any atom is -0.309 e. The van der Waals surface area contributed by atoms with Crippen LogP contribution < -0.4 is 5.32 Å². The standard InChI is InChI=1S/C13H23NS.ClH/c1-6-12(13(3,4)5)14-9-11-8-7-10(2)15-11;/h7-8,12,14H,6,9H2,1-5H3;1H. The number of aryl methyl sites for hydroxylation is 1. The highest BCUT2D eigenvalue weighted by Gasteiger charge is 2.21. The molecule has 1 N–H and O–H groups in total. The molecule has 3 heteroatoms. The lowest BCUT2D eigenvalue weighted by atomic mass is 9.85. The Morgan fingerprint density at radius 3 is 2.31 bits per heavy atom. The van der Waals surface area contributed by atoms with Gasteiger partial charge in [-0.15, -0.1) is 23.7 Å². The van der Waals surface area contributed by atoms with Gasteiger partial charge in [0.15, 0.2) is 0 Å². The van der Waals surface area contributed by atoms with E-state index in [4.69, 9.17) is 0 Å². The SMILES string of the molecule is CCC(NCc1ccc(C)s1)C(C)(C)C.Cl. The summed E-state index contributed by atoms with van der Waals surface area (Å²) in [6.45, 7) is 12.3. The van der Waals surface area contributed by atoms with E-state index in [1.807, 2.05) is 11.3 Å². The number of hydrogen-bond donors (Lipinski definition) is 1. The predicted molar refractivity (Wildman–Crippen MR) is 76.7 cm³/mol. The van der Waals surface area contributed by atoms with Crippen molar-refractivity contribution in [3.63, 3.8) is 0 Å². The van der Waals surface area contributed by atoms with Gasteiger partial charge in [-0.25, -0.2) is 0 Å². The van der Waals surface area contributed by atoms with Gasteiger partial charge in [0, 0.05) is 22.3 Å². The van der Waals surface area contributed by atoms with Gasteiger partial charge in [-0.1, -0.05) is 27.7 Å². The molecule has 1 nitrogen and oxygen atoms in total. The zero-order valence-electron chi connectivity index (χ0n) is 11.0. The average Bonchev–Trinajstić information content (AvgIpc) is 2.50. The van der Waals surface area contributed by atoms with Gasteiger partial charge in [-0.3, -0.25) is 0 Å². The fourth-order valence-electron chi connectivity index (χ4n) is 1.87. The lowest BCUT2D eigenvalue weighted by molar-refractivity contribution is 0.260. The largest absolute Gasteiger partial charge is 0.309 e. The number of thiophene rings is 1. The summed E-state index contributed by atoms with van der Waals surface area (Å²) in [6.07, 6.45) is 1.19. The lowest BCUT2D eigenvalue weighted by Gasteiger charge is -2.30. The highest BCUT2D eigenvalue weighted by atomic mass is 35.5. The molecule has 1 rings (SSSR count). The molecule has 0 aromatic carbocycles. The van der Waals surface area contributed by atoms with E-state index in [1.165, 1.54) is 16.2 Å². The quantitative estimate of drug-likeness (QED) is 0.848. The molecule has 1 unspecified atom stereocenters. The van der Waals surface area contributed by atoms with E-state index >= 15 is 0 Å². The smallest absolute Gasteiger partial charge is 0.0302 e. The molecular formula is C13H24ClNS. The molecule has 1 atom stereocenters. The Balaban J connectivity index is 0.00000225. The molecule has 94 valence electrons. The summed E-state index contributed by atoms with van der Waals surface area (Å²) in [5, 5.41) is 3.65. The highest BCUT2D eigenvalue weighted by Crippen LogP contribution is 2.22. The van der Waals surface area contributed by atoms with Crippen molar-refractivity contribution in [3.05, 3.63) is 21.9 Å². The first kappa shape index (κ1) is 16.0. The molecule has 0 aliphatic rings. The third-order valence-corrected chi connectivity index (χ3v) is 3.77. The van der Waals surface area contributed by atoms with Crippen LogP contribution in [0, 0.1) is 12.3 Å². The van der Waals surface area contributed by atoms with Crippen molar-refractivity contribution >= 4 is 23.7 Å². The summed E-state index contributed by atoms with van der Waals surface area (Å²) in [7, 11) is 0. The first-order valence-electron chi connectivity index (χ1n) is 5.72. The van der Waals surface area contributed by atoms with E-state index in [0.717, 1.165) is 6.54 Å². The Hall–Kier alpha value is -0.0500. The summed E-state index contributed by atoms with van der Waals surface area (Å²) in [5.41, 5.74) is 0.348. The molecule has 0 radical (unpaired) electrons. The Morgan fingerprint density at radius 2 is 1.94 bits per heavy atom. The summed E-state index contributed by atoms with van der Waals surface area (Å²) in [6, 6.07) is 5.02. The number of halogens is 1. The second kappa shape index (κ2) is 6.63. The molecular weight excluding hydrogens is 238 g/mol. The molecule has 1 aromatic heterocycles. The minimum absolute atomic E-state index is 0. The third-order valence-electron chi connectivity index (χ3n) is 2.77. The van der Waals surface area contributed by atoms with Crippen LogP contribution >= 0.6 is 23.7 Å². The molecule has 0 aliphatic carbocycles. The predicted octanol–water partition coefficient (Wildman–Crippen LogP) is 4.39. The molecule has 0 bridgehead atoms. The van der Waals surface area contributed by atoms with E-state index in [2.05, 4.69) is 52.1 Å². The van der Waals surface area contributed by atoms with Crippen LogP contribution in [0.15, 0.2) is 12.1 Å². The molecule has 16 heavy (non-hydrogen) atoms. The second-order valence-electron chi connectivity index (χ2n) is 5.22. The molecule has 1 heterocycles. The number of hydrogen-bond acceptors (Lipinski definition) is 2. The van der Waals surface area contributed by atoms with Crippen LogP contribution in [0.4, 0.5) is 0 Å². The van der Waals surface area contributed by atoms with Crippen molar-refractivity contribution in [1.82, 2.24) is 5.32 Å². The first-order chi connectivity index (χ1) is 6.93. The van der Waals surface area contributed by atoms with Crippen LogP contribution in [0.1, 0.15) is 43.9 Å². The second-order valence-corrected chi connectivity index (χ2v) is 6.59. The fourth-order valence-corrected chi connectivity index (χ4v) is 2.71. The summed E-state index contributed by atoms with van der Waals surface area (Å²) >= 11 is 1.89. The van der Waals surface area contributed by atoms with Gasteiger partial charge in [0.05, 0.1) is 0 Å². The van der Waals surface area contributed by atoms with Gasteiger partial charge in [0.2, 0.25) is 0 Å². The van der Waals surface area contributed by atoms with E-state index in [-0.39, 0.29) is 12.4 Å². The van der Waals surface area contributed by atoms with E-state index in [0.29, 0.717) is 11.5 Å². The zero-order valence-corrected chi connectivity index (χ0v) is 12.6. The normalized spacial score (nSPS) is 13.3. The molecule has 0 fully saturated rings. The van der Waals surface area contributed by atoms with Gasteiger partial charge in [0.25, 0.3) is 0 Å². The van der Waals surface area contributed by atoms with Crippen molar-refractivity contribution < 1.29 is 0 Å². The van der Waals surface area contributed by atoms with Gasteiger partial charge in [-0.2, -0.15) is 0 Å². The maximum atomic E-state index is 3.65. The highest BCUT2D eigenvalue weighted by molar-refractivity contribution is 7.11. The van der Waals surface area contributed by atoms with Crippen LogP contribution in [0.25, 0.3) is 0 Å². The van der Waals surface area contributed by atoms with Gasteiger partial charge in [-0.05, 0) is 30.9 Å². The molecule has 0 amide bonds. The van der Waals surface area contributed by atoms with Crippen molar-refractivity contribution in [2.45, 2.75) is 53.6 Å². The Labute approximate surface area is 110 Å². The van der Waals surface area contributed by atoms with Crippen LogP contribution in [-0.2, 0) is 6.54 Å². The molecule has 0 saturated carbocycles. The maximum absolute atomic E-state index is 3.65. The van der Waals surface area contributed by atoms with E-state index in [9.17, 15) is 0 Å². The lowest BCUT2D eigenvalue weighted by Crippen LogP contribution is -2.39. The zero-order chi connectivity index (χ0) is 11.5. The molecule has 0 saturated heterocycles. The molecule has 0 aliphatic heterocycles. The first-order valence-corrected chi connectivity index (χ1v) is 6.54. The fraction of sp³-hybridized carbons (Fsp3) is 0.692. The molecule has 0 spiro atoms. The average molecular weight is 262 g/mol. The summed E-state index contributed by atoms with van der Waals surface area (Å²) in [4.78, 5) is 2.84. The number of rotatable bonds is 4. The van der Waals surface area contributed by atoms with Crippen LogP contribution in [0.2, 0.25) is 0 Å². The topological polar surface area (TPSA) is 12.0 Å². The summed E-state index contributed by atoms with van der Waals surface area (Å²) in [5.74, 6) is 0. The van der Waals surface area contributed by atoms with Crippen LogP contribution in [-0.4, -0.2) is 6.04 Å². The van der Waals surface area contributed by atoms with Crippen molar-refractivity contribution in [1.29, 1.82) is 0 Å². The summed E-state index contributed by atoms with van der Waals surface area (Å²) < 4.78 is 0. The Morgan fingerprint density at radius 1 is 1.31 bits per heavy atom.